The van der Waals surface area contributed by atoms with E-state index in [1.807, 2.05) is 30.3 Å². The SMILES string of the molecule is COC(=O)c1ccc2c(c1)c1c(n2Cc2ccc(F)cc2)CCN(C)C1. The Bertz CT molecular complexity index is 976. The zero-order chi connectivity index (χ0) is 18.3. The zero-order valence-corrected chi connectivity index (χ0v) is 15.0. The fourth-order valence-corrected chi connectivity index (χ4v) is 3.78. The molecule has 5 heteroatoms. The van der Waals surface area contributed by atoms with Gasteiger partial charge in [-0.05, 0) is 48.5 Å². The number of likely N-dealkylation sites (N-methyl/N-ethyl adjacent to an activating group) is 1. The average molecular weight is 352 g/mol. The molecule has 0 aliphatic carbocycles. The maximum absolute atomic E-state index is 13.2. The van der Waals surface area contributed by atoms with Crippen molar-refractivity contribution in [3.8, 4) is 0 Å². The summed E-state index contributed by atoms with van der Waals surface area (Å²) in [7, 11) is 3.51. The van der Waals surface area contributed by atoms with Gasteiger partial charge in [-0.2, -0.15) is 0 Å². The van der Waals surface area contributed by atoms with E-state index in [0.29, 0.717) is 12.1 Å². The summed E-state index contributed by atoms with van der Waals surface area (Å²) in [5, 5.41) is 1.09. The first-order chi connectivity index (χ1) is 12.6. The summed E-state index contributed by atoms with van der Waals surface area (Å²) in [5.74, 6) is -0.548. The molecule has 0 amide bonds. The summed E-state index contributed by atoms with van der Waals surface area (Å²) in [4.78, 5) is 14.2. The van der Waals surface area contributed by atoms with Crippen molar-refractivity contribution in [3.05, 3.63) is 70.7 Å². The van der Waals surface area contributed by atoms with Gasteiger partial charge in [0.2, 0.25) is 0 Å². The van der Waals surface area contributed by atoms with Gasteiger partial charge >= 0.3 is 5.97 Å². The Morgan fingerprint density at radius 3 is 2.69 bits per heavy atom. The minimum Gasteiger partial charge on any atom is -0.465 e. The third kappa shape index (κ3) is 2.88. The second-order valence-electron chi connectivity index (χ2n) is 6.85. The third-order valence-corrected chi connectivity index (χ3v) is 5.12. The predicted octanol–water partition coefficient (Wildman–Crippen LogP) is 3.60. The van der Waals surface area contributed by atoms with E-state index in [4.69, 9.17) is 4.74 Å². The average Bonchev–Trinajstić information content (AvgIpc) is 2.95. The Morgan fingerprint density at radius 1 is 1.19 bits per heavy atom. The number of hydrogen-bond acceptors (Lipinski definition) is 3. The maximum Gasteiger partial charge on any atom is 0.337 e. The molecule has 0 atom stereocenters. The molecule has 4 nitrogen and oxygen atoms in total. The lowest BCUT2D eigenvalue weighted by molar-refractivity contribution is 0.0601. The number of ether oxygens (including phenoxy) is 1. The number of hydrogen-bond donors (Lipinski definition) is 0. The van der Waals surface area contributed by atoms with Crippen LogP contribution in [0.5, 0.6) is 0 Å². The monoisotopic (exact) mass is 352 g/mol. The Morgan fingerprint density at radius 2 is 1.96 bits per heavy atom. The van der Waals surface area contributed by atoms with Crippen molar-refractivity contribution in [3.63, 3.8) is 0 Å². The predicted molar refractivity (Wildman–Crippen MR) is 98.8 cm³/mol. The number of aromatic nitrogens is 1. The molecule has 2 heterocycles. The molecule has 0 radical (unpaired) electrons. The van der Waals surface area contributed by atoms with Crippen LogP contribution in [0, 0.1) is 5.82 Å². The highest BCUT2D eigenvalue weighted by molar-refractivity contribution is 5.96. The molecule has 0 spiro atoms. The topological polar surface area (TPSA) is 34.5 Å². The van der Waals surface area contributed by atoms with Gasteiger partial charge in [0.1, 0.15) is 5.82 Å². The molecule has 0 saturated carbocycles. The number of methoxy groups -OCH3 is 1. The standard InChI is InChI=1S/C21H21FN2O2/c1-23-10-9-20-18(13-23)17-11-15(21(25)26-2)5-8-19(17)24(20)12-14-3-6-16(22)7-4-14/h3-8,11H,9-10,12-13H2,1-2H3. The maximum atomic E-state index is 13.2. The van der Waals surface area contributed by atoms with Crippen LogP contribution in [0.25, 0.3) is 10.9 Å². The van der Waals surface area contributed by atoms with Gasteiger partial charge in [-0.1, -0.05) is 12.1 Å². The Kier molecular flexibility index (Phi) is 4.24. The largest absolute Gasteiger partial charge is 0.465 e. The van der Waals surface area contributed by atoms with Crippen LogP contribution in [0.4, 0.5) is 4.39 Å². The first-order valence-electron chi connectivity index (χ1n) is 8.72. The summed E-state index contributed by atoms with van der Waals surface area (Å²) in [6.45, 7) is 2.54. The van der Waals surface area contributed by atoms with E-state index < -0.39 is 0 Å². The normalized spacial score (nSPS) is 14.4. The minimum absolute atomic E-state index is 0.225. The molecule has 134 valence electrons. The van der Waals surface area contributed by atoms with Gasteiger partial charge in [-0.3, -0.25) is 0 Å². The summed E-state index contributed by atoms with van der Waals surface area (Å²) in [6.07, 6.45) is 0.954. The number of benzene rings is 2. The van der Waals surface area contributed by atoms with E-state index in [2.05, 4.69) is 16.5 Å². The van der Waals surface area contributed by atoms with E-state index in [-0.39, 0.29) is 11.8 Å². The molecule has 0 fully saturated rings. The van der Waals surface area contributed by atoms with E-state index in [9.17, 15) is 9.18 Å². The molecule has 0 N–H and O–H groups in total. The fraction of sp³-hybridized carbons (Fsp3) is 0.286. The first-order valence-corrected chi connectivity index (χ1v) is 8.72. The number of halogens is 1. The van der Waals surface area contributed by atoms with Gasteiger partial charge in [-0.15, -0.1) is 0 Å². The minimum atomic E-state index is -0.323. The van der Waals surface area contributed by atoms with Gasteiger partial charge in [0.05, 0.1) is 12.7 Å². The van der Waals surface area contributed by atoms with Crippen LogP contribution >= 0.6 is 0 Å². The molecule has 1 aliphatic rings. The van der Waals surface area contributed by atoms with Crippen molar-refractivity contribution in [2.24, 2.45) is 0 Å². The highest BCUT2D eigenvalue weighted by atomic mass is 19.1. The molecular formula is C21H21FN2O2. The lowest BCUT2D eigenvalue weighted by Gasteiger charge is -2.24. The van der Waals surface area contributed by atoms with Gasteiger partial charge < -0.3 is 14.2 Å². The summed E-state index contributed by atoms with van der Waals surface area (Å²) < 4.78 is 20.4. The smallest absolute Gasteiger partial charge is 0.337 e. The molecular weight excluding hydrogens is 331 g/mol. The second kappa shape index (κ2) is 6.57. The lowest BCUT2D eigenvalue weighted by atomic mass is 10.0. The first kappa shape index (κ1) is 16.8. The van der Waals surface area contributed by atoms with E-state index in [1.165, 1.54) is 30.5 Å². The van der Waals surface area contributed by atoms with E-state index in [0.717, 1.165) is 36.0 Å². The number of rotatable bonds is 3. The van der Waals surface area contributed by atoms with Crippen molar-refractivity contribution in [1.29, 1.82) is 0 Å². The number of nitrogens with zero attached hydrogens (tertiary/aromatic N) is 2. The Balaban J connectivity index is 1.86. The number of esters is 1. The van der Waals surface area contributed by atoms with Crippen LogP contribution < -0.4 is 0 Å². The molecule has 3 aromatic rings. The Hall–Kier alpha value is -2.66. The van der Waals surface area contributed by atoms with Gasteiger partial charge in [0, 0.05) is 42.7 Å². The van der Waals surface area contributed by atoms with Crippen LogP contribution in [0.1, 0.15) is 27.2 Å². The zero-order valence-electron chi connectivity index (χ0n) is 15.0. The summed E-state index contributed by atoms with van der Waals surface area (Å²) in [5.41, 5.74) is 5.28. The highest BCUT2D eigenvalue weighted by Crippen LogP contribution is 2.32. The summed E-state index contributed by atoms with van der Waals surface area (Å²) in [6, 6.07) is 12.4. The second-order valence-corrected chi connectivity index (χ2v) is 6.85. The fourth-order valence-electron chi connectivity index (χ4n) is 3.78. The quantitative estimate of drug-likeness (QED) is 0.676. The molecule has 0 saturated heterocycles. The van der Waals surface area contributed by atoms with Crippen LogP contribution in [-0.4, -0.2) is 36.1 Å². The van der Waals surface area contributed by atoms with Crippen molar-refractivity contribution >= 4 is 16.9 Å². The summed E-state index contributed by atoms with van der Waals surface area (Å²) >= 11 is 0. The van der Waals surface area contributed by atoms with Crippen molar-refractivity contribution in [2.75, 3.05) is 20.7 Å². The van der Waals surface area contributed by atoms with Crippen LogP contribution in [0.2, 0.25) is 0 Å². The Labute approximate surface area is 151 Å². The van der Waals surface area contributed by atoms with Gasteiger partial charge in [0.15, 0.2) is 0 Å². The van der Waals surface area contributed by atoms with Crippen molar-refractivity contribution in [1.82, 2.24) is 9.47 Å². The number of fused-ring (bicyclic) bond motifs is 3. The highest BCUT2D eigenvalue weighted by Gasteiger charge is 2.23. The molecule has 1 aromatic heterocycles. The van der Waals surface area contributed by atoms with Gasteiger partial charge in [-0.25, -0.2) is 9.18 Å². The third-order valence-electron chi connectivity index (χ3n) is 5.12. The van der Waals surface area contributed by atoms with E-state index >= 15 is 0 Å². The molecule has 1 aliphatic heterocycles. The molecule has 0 bridgehead atoms. The van der Waals surface area contributed by atoms with E-state index in [1.54, 1.807) is 0 Å². The lowest BCUT2D eigenvalue weighted by Crippen LogP contribution is -2.27. The van der Waals surface area contributed by atoms with Crippen molar-refractivity contribution < 1.29 is 13.9 Å². The number of carbonyl (C=O) groups excluding carboxylic acids is 1. The van der Waals surface area contributed by atoms with Crippen LogP contribution in [0.15, 0.2) is 42.5 Å². The van der Waals surface area contributed by atoms with Crippen LogP contribution in [-0.2, 0) is 24.2 Å². The van der Waals surface area contributed by atoms with Gasteiger partial charge in [0.25, 0.3) is 0 Å². The molecule has 2 aromatic carbocycles. The number of carbonyl (C=O) groups is 1. The van der Waals surface area contributed by atoms with Crippen LogP contribution in [0.3, 0.4) is 0 Å². The van der Waals surface area contributed by atoms with Crippen molar-refractivity contribution in [2.45, 2.75) is 19.5 Å². The molecule has 0 unspecified atom stereocenters. The molecule has 4 rings (SSSR count). The molecule has 26 heavy (non-hydrogen) atoms.